The minimum Gasteiger partial charge on any atom is -0.387 e. The second-order valence-electron chi connectivity index (χ2n) is 5.38. The van der Waals surface area contributed by atoms with Crippen molar-refractivity contribution >= 4 is 11.7 Å². The Morgan fingerprint density at radius 1 is 1.32 bits per heavy atom. The van der Waals surface area contributed by atoms with Gasteiger partial charge in [-0.15, -0.1) is 0 Å². The van der Waals surface area contributed by atoms with Gasteiger partial charge >= 0.3 is 0 Å². The van der Waals surface area contributed by atoms with E-state index < -0.39 is 6.10 Å². The highest BCUT2D eigenvalue weighted by atomic mass is 16.3. The third kappa shape index (κ3) is 3.83. The summed E-state index contributed by atoms with van der Waals surface area (Å²) in [6, 6.07) is 11.0. The molecule has 1 unspecified atom stereocenters. The van der Waals surface area contributed by atoms with E-state index in [0.29, 0.717) is 11.4 Å². The number of hydrogen-bond acceptors (Lipinski definition) is 4. The standard InChI is InChI=1S/C17H21N3O2/c1-12-6-4-5-7-14(12)15(21)11-19-17(22)13-8-9-18-16(10-13)20(2)3/h4-10,15,21H,11H2,1-3H3,(H,19,22). The lowest BCUT2D eigenvalue weighted by Gasteiger charge is -2.15. The lowest BCUT2D eigenvalue weighted by atomic mass is 10.0. The molecule has 1 heterocycles. The molecule has 1 atom stereocenters. The van der Waals surface area contributed by atoms with Crippen molar-refractivity contribution in [3.05, 3.63) is 59.3 Å². The average Bonchev–Trinajstić information content (AvgIpc) is 2.52. The number of aromatic nitrogens is 1. The van der Waals surface area contributed by atoms with E-state index in [-0.39, 0.29) is 12.5 Å². The van der Waals surface area contributed by atoms with Gasteiger partial charge in [0.25, 0.3) is 5.91 Å². The summed E-state index contributed by atoms with van der Waals surface area (Å²) in [5.74, 6) is 0.491. The highest BCUT2D eigenvalue weighted by Gasteiger charge is 2.13. The lowest BCUT2D eigenvalue weighted by Crippen LogP contribution is -2.28. The molecule has 5 nitrogen and oxygen atoms in total. The number of anilines is 1. The van der Waals surface area contributed by atoms with Gasteiger partial charge in [-0.3, -0.25) is 4.79 Å². The Morgan fingerprint density at radius 2 is 2.05 bits per heavy atom. The van der Waals surface area contributed by atoms with Crippen molar-refractivity contribution in [3.63, 3.8) is 0 Å². The number of rotatable bonds is 5. The van der Waals surface area contributed by atoms with E-state index in [0.717, 1.165) is 11.1 Å². The molecule has 0 spiro atoms. The maximum Gasteiger partial charge on any atom is 0.251 e. The summed E-state index contributed by atoms with van der Waals surface area (Å²) in [5, 5.41) is 13.0. The summed E-state index contributed by atoms with van der Waals surface area (Å²) in [7, 11) is 3.73. The quantitative estimate of drug-likeness (QED) is 0.885. The Labute approximate surface area is 130 Å². The average molecular weight is 299 g/mol. The maximum absolute atomic E-state index is 12.2. The van der Waals surface area contributed by atoms with Crippen molar-refractivity contribution in [3.8, 4) is 0 Å². The number of carbonyl (C=O) groups excluding carboxylic acids is 1. The molecular weight excluding hydrogens is 278 g/mol. The van der Waals surface area contributed by atoms with Gasteiger partial charge in [0.1, 0.15) is 5.82 Å². The molecule has 2 aromatic rings. The Bertz CT molecular complexity index is 656. The molecule has 0 fully saturated rings. The van der Waals surface area contributed by atoms with Gasteiger partial charge in [0.2, 0.25) is 0 Å². The molecule has 2 N–H and O–H groups in total. The van der Waals surface area contributed by atoms with Crippen LogP contribution in [-0.2, 0) is 0 Å². The Morgan fingerprint density at radius 3 is 2.73 bits per heavy atom. The van der Waals surface area contributed by atoms with E-state index in [9.17, 15) is 9.90 Å². The smallest absolute Gasteiger partial charge is 0.251 e. The second-order valence-corrected chi connectivity index (χ2v) is 5.38. The van der Waals surface area contributed by atoms with Crippen LogP contribution in [0.2, 0.25) is 0 Å². The van der Waals surface area contributed by atoms with Crippen molar-refractivity contribution < 1.29 is 9.90 Å². The minimum atomic E-state index is -0.722. The molecule has 0 aliphatic heterocycles. The van der Waals surface area contributed by atoms with Gasteiger partial charge < -0.3 is 15.3 Å². The van der Waals surface area contributed by atoms with Gasteiger partial charge in [-0.05, 0) is 30.2 Å². The van der Waals surface area contributed by atoms with Crippen molar-refractivity contribution in [1.29, 1.82) is 0 Å². The zero-order valence-corrected chi connectivity index (χ0v) is 13.1. The van der Waals surface area contributed by atoms with Crippen molar-refractivity contribution in [2.24, 2.45) is 0 Å². The number of carbonyl (C=O) groups is 1. The number of nitrogens with zero attached hydrogens (tertiary/aromatic N) is 2. The molecule has 0 bridgehead atoms. The van der Waals surface area contributed by atoms with Crippen molar-refractivity contribution in [2.75, 3.05) is 25.5 Å². The fraction of sp³-hybridized carbons (Fsp3) is 0.294. The molecule has 1 amide bonds. The zero-order chi connectivity index (χ0) is 16.1. The van der Waals surface area contributed by atoms with Gasteiger partial charge in [-0.1, -0.05) is 24.3 Å². The maximum atomic E-state index is 12.2. The molecule has 116 valence electrons. The molecule has 1 aromatic heterocycles. The number of benzene rings is 1. The van der Waals surface area contributed by atoms with Crippen LogP contribution in [-0.4, -0.2) is 36.6 Å². The number of nitrogens with one attached hydrogen (secondary N) is 1. The van der Waals surface area contributed by atoms with E-state index in [4.69, 9.17) is 0 Å². The summed E-state index contributed by atoms with van der Waals surface area (Å²) >= 11 is 0. The monoisotopic (exact) mass is 299 g/mol. The van der Waals surface area contributed by atoms with Gasteiger partial charge in [-0.2, -0.15) is 0 Å². The van der Waals surface area contributed by atoms with Crippen LogP contribution in [0, 0.1) is 6.92 Å². The fourth-order valence-corrected chi connectivity index (χ4v) is 2.17. The summed E-state index contributed by atoms with van der Waals surface area (Å²) in [5.41, 5.74) is 2.35. The normalized spacial score (nSPS) is 11.8. The highest BCUT2D eigenvalue weighted by molar-refractivity contribution is 5.94. The Balaban J connectivity index is 2.01. The zero-order valence-electron chi connectivity index (χ0n) is 13.1. The first-order valence-corrected chi connectivity index (χ1v) is 7.14. The number of pyridine rings is 1. The first-order chi connectivity index (χ1) is 10.5. The fourth-order valence-electron chi connectivity index (χ4n) is 2.17. The van der Waals surface area contributed by atoms with Gasteiger partial charge in [0.05, 0.1) is 6.10 Å². The van der Waals surface area contributed by atoms with Crippen molar-refractivity contribution in [2.45, 2.75) is 13.0 Å². The van der Waals surface area contributed by atoms with Crippen LogP contribution in [0.5, 0.6) is 0 Å². The molecule has 0 aliphatic rings. The van der Waals surface area contributed by atoms with Crippen LogP contribution >= 0.6 is 0 Å². The minimum absolute atomic E-state index is 0.170. The third-order valence-electron chi connectivity index (χ3n) is 3.47. The van der Waals surface area contributed by atoms with E-state index in [1.165, 1.54) is 0 Å². The molecular formula is C17H21N3O2. The molecule has 0 saturated carbocycles. The van der Waals surface area contributed by atoms with E-state index in [1.807, 2.05) is 50.2 Å². The van der Waals surface area contributed by atoms with Crippen LogP contribution in [0.15, 0.2) is 42.6 Å². The summed E-state index contributed by atoms with van der Waals surface area (Å²) in [6.45, 7) is 2.11. The van der Waals surface area contributed by atoms with Crippen molar-refractivity contribution in [1.82, 2.24) is 10.3 Å². The highest BCUT2D eigenvalue weighted by Crippen LogP contribution is 2.16. The molecule has 0 radical (unpaired) electrons. The largest absolute Gasteiger partial charge is 0.387 e. The predicted molar refractivity (Wildman–Crippen MR) is 87.0 cm³/mol. The number of hydrogen-bond donors (Lipinski definition) is 2. The Hall–Kier alpha value is -2.40. The second kappa shape index (κ2) is 7.04. The molecule has 1 aromatic carbocycles. The van der Waals surface area contributed by atoms with Gasteiger partial charge in [0, 0.05) is 32.4 Å². The number of aliphatic hydroxyl groups is 1. The van der Waals surface area contributed by atoms with Crippen LogP contribution in [0.1, 0.15) is 27.6 Å². The van der Waals surface area contributed by atoms with Gasteiger partial charge in [-0.25, -0.2) is 4.98 Å². The lowest BCUT2D eigenvalue weighted by molar-refractivity contribution is 0.0916. The van der Waals surface area contributed by atoms with E-state index in [2.05, 4.69) is 10.3 Å². The third-order valence-corrected chi connectivity index (χ3v) is 3.47. The van der Waals surface area contributed by atoms with E-state index in [1.54, 1.807) is 18.3 Å². The van der Waals surface area contributed by atoms with Gasteiger partial charge in [0.15, 0.2) is 0 Å². The molecule has 0 aliphatic carbocycles. The molecule has 5 heteroatoms. The summed E-state index contributed by atoms with van der Waals surface area (Å²) in [6.07, 6.45) is 0.877. The Kier molecular flexibility index (Phi) is 5.12. The summed E-state index contributed by atoms with van der Waals surface area (Å²) in [4.78, 5) is 18.2. The number of aryl methyl sites for hydroxylation is 1. The first-order valence-electron chi connectivity index (χ1n) is 7.14. The van der Waals surface area contributed by atoms with Crippen LogP contribution < -0.4 is 10.2 Å². The van der Waals surface area contributed by atoms with Crippen LogP contribution in [0.25, 0.3) is 0 Å². The summed E-state index contributed by atoms with van der Waals surface area (Å²) < 4.78 is 0. The predicted octanol–water partition coefficient (Wildman–Crippen LogP) is 1.92. The molecule has 22 heavy (non-hydrogen) atoms. The molecule has 0 saturated heterocycles. The van der Waals surface area contributed by atoms with E-state index >= 15 is 0 Å². The topological polar surface area (TPSA) is 65.5 Å². The number of aliphatic hydroxyl groups excluding tert-OH is 1. The molecule has 2 rings (SSSR count). The first kappa shape index (κ1) is 16.0. The number of amides is 1. The van der Waals surface area contributed by atoms with Crippen LogP contribution in [0.3, 0.4) is 0 Å². The van der Waals surface area contributed by atoms with Crippen LogP contribution in [0.4, 0.5) is 5.82 Å². The SMILES string of the molecule is Cc1ccccc1C(O)CNC(=O)c1ccnc(N(C)C)c1.